The third-order valence-electron chi connectivity index (χ3n) is 2.47. The maximum absolute atomic E-state index is 13.0. The Bertz CT molecular complexity index is 557. The number of anilines is 1. The molecule has 1 amide bonds. The van der Waals surface area contributed by atoms with E-state index >= 15 is 0 Å². The summed E-state index contributed by atoms with van der Waals surface area (Å²) in [6.45, 7) is 0.492. The molecule has 0 spiro atoms. The van der Waals surface area contributed by atoms with E-state index in [4.69, 9.17) is 11.6 Å². The van der Waals surface area contributed by atoms with E-state index in [2.05, 4.69) is 0 Å². The van der Waals surface area contributed by atoms with E-state index in [1.54, 1.807) is 0 Å². The Morgan fingerprint density at radius 2 is 1.59 bits per heavy atom. The molecule has 3 nitrogen and oxygen atoms in total. The van der Waals surface area contributed by atoms with E-state index in [-0.39, 0.29) is 0 Å². The molecule has 1 aromatic rings. The molecule has 0 aliphatic rings. The molecule has 0 bridgehead atoms. The molecule has 1 rings (SSSR count). The molecule has 2 N–H and O–H groups in total. The summed E-state index contributed by atoms with van der Waals surface area (Å²) in [4.78, 5) is 10.8. The monoisotopic (exact) mass is 352 g/mol. The van der Waals surface area contributed by atoms with Gasteiger partial charge in [-0.05, 0) is 18.2 Å². The minimum absolute atomic E-state index is 0.492. The van der Waals surface area contributed by atoms with Gasteiger partial charge in [0.1, 0.15) is 5.82 Å². The van der Waals surface area contributed by atoms with Crippen molar-refractivity contribution in [1.29, 1.82) is 0 Å². The van der Waals surface area contributed by atoms with Crippen LogP contribution >= 0.6 is 11.6 Å². The second kappa shape index (κ2) is 5.82. The summed E-state index contributed by atoms with van der Waals surface area (Å²) < 4.78 is 90.9. The van der Waals surface area contributed by atoms with Crippen molar-refractivity contribution in [2.45, 2.75) is 24.9 Å². The number of carbonyl (C=O) groups excluding carboxylic acids is 1. The molecule has 0 saturated carbocycles. The van der Waals surface area contributed by atoms with Crippen molar-refractivity contribution in [3.05, 3.63) is 29.0 Å². The van der Waals surface area contributed by atoms with Crippen LogP contribution in [0.5, 0.6) is 0 Å². The molecule has 0 radical (unpaired) electrons. The Labute approximate surface area is 124 Å². The molecule has 0 aliphatic heterocycles. The van der Waals surface area contributed by atoms with Gasteiger partial charge in [0.15, 0.2) is 0 Å². The van der Waals surface area contributed by atoms with E-state index in [1.807, 2.05) is 0 Å². The SMILES string of the molecule is CC(=O)NC(Nc1ccc(F)c(Cl)c1)(C(F)(F)F)C(F)(F)F. The van der Waals surface area contributed by atoms with Gasteiger partial charge in [0.05, 0.1) is 5.02 Å². The zero-order valence-electron chi connectivity index (χ0n) is 10.7. The highest BCUT2D eigenvalue weighted by Gasteiger charge is 2.72. The van der Waals surface area contributed by atoms with Crippen molar-refractivity contribution in [3.8, 4) is 0 Å². The summed E-state index contributed by atoms with van der Waals surface area (Å²) >= 11 is 5.31. The number of hydrogen-bond acceptors (Lipinski definition) is 2. The molecule has 0 unspecified atom stereocenters. The number of carbonyl (C=O) groups is 1. The highest BCUT2D eigenvalue weighted by atomic mass is 35.5. The molecule has 0 aliphatic carbocycles. The van der Waals surface area contributed by atoms with Gasteiger partial charge in [0.25, 0.3) is 0 Å². The Hall–Kier alpha value is -1.71. The Morgan fingerprint density at radius 1 is 1.09 bits per heavy atom. The van der Waals surface area contributed by atoms with Gasteiger partial charge in [-0.3, -0.25) is 4.79 Å². The molecule has 124 valence electrons. The lowest BCUT2D eigenvalue weighted by Gasteiger charge is -2.38. The van der Waals surface area contributed by atoms with E-state index in [0.717, 1.165) is 10.6 Å². The van der Waals surface area contributed by atoms with Crippen molar-refractivity contribution in [2.75, 3.05) is 5.32 Å². The minimum Gasteiger partial charge on any atom is -0.348 e. The predicted octanol–water partition coefficient (Wildman–Crippen LogP) is 3.85. The van der Waals surface area contributed by atoms with E-state index in [1.165, 1.54) is 0 Å². The highest BCUT2D eigenvalue weighted by molar-refractivity contribution is 6.31. The largest absolute Gasteiger partial charge is 0.439 e. The van der Waals surface area contributed by atoms with E-state index < -0.39 is 40.4 Å². The van der Waals surface area contributed by atoms with Crippen LogP contribution in [-0.4, -0.2) is 23.9 Å². The maximum Gasteiger partial charge on any atom is 0.439 e. The number of alkyl halides is 6. The van der Waals surface area contributed by atoms with Crippen LogP contribution in [-0.2, 0) is 4.79 Å². The van der Waals surface area contributed by atoms with Crippen LogP contribution in [0.3, 0.4) is 0 Å². The number of benzene rings is 1. The van der Waals surface area contributed by atoms with Gasteiger partial charge >= 0.3 is 18.0 Å². The van der Waals surface area contributed by atoms with Crippen LogP contribution in [0, 0.1) is 5.82 Å². The first-order valence-corrected chi connectivity index (χ1v) is 5.83. The normalized spacial score (nSPS) is 13.0. The van der Waals surface area contributed by atoms with Gasteiger partial charge in [-0.25, -0.2) is 4.39 Å². The molecular weight excluding hydrogens is 345 g/mol. The van der Waals surface area contributed by atoms with Crippen LogP contribution in [0.4, 0.5) is 36.4 Å². The van der Waals surface area contributed by atoms with Crippen LogP contribution in [0.15, 0.2) is 18.2 Å². The topological polar surface area (TPSA) is 41.1 Å². The van der Waals surface area contributed by atoms with Gasteiger partial charge in [-0.15, -0.1) is 0 Å². The van der Waals surface area contributed by atoms with Crippen molar-refractivity contribution >= 4 is 23.2 Å². The second-order valence-electron chi connectivity index (χ2n) is 4.18. The highest BCUT2D eigenvalue weighted by Crippen LogP contribution is 2.43. The number of rotatable bonds is 3. The molecule has 0 atom stereocenters. The number of hydrogen-bond donors (Lipinski definition) is 2. The smallest absolute Gasteiger partial charge is 0.348 e. The van der Waals surface area contributed by atoms with Gasteiger partial charge in [-0.2, -0.15) is 26.3 Å². The van der Waals surface area contributed by atoms with Crippen molar-refractivity contribution in [2.24, 2.45) is 0 Å². The lowest BCUT2D eigenvalue weighted by Crippen LogP contribution is -2.71. The Morgan fingerprint density at radius 3 is 1.95 bits per heavy atom. The quantitative estimate of drug-likeness (QED) is 0.641. The Balaban J connectivity index is 3.42. The number of nitrogens with one attached hydrogen (secondary N) is 2. The summed E-state index contributed by atoms with van der Waals surface area (Å²) in [6, 6.07) is 1.73. The van der Waals surface area contributed by atoms with Crippen molar-refractivity contribution < 1.29 is 35.5 Å². The Kier molecular flexibility index (Phi) is 4.85. The van der Waals surface area contributed by atoms with Gasteiger partial charge < -0.3 is 10.6 Å². The lowest BCUT2D eigenvalue weighted by atomic mass is 10.1. The zero-order chi connectivity index (χ0) is 17.3. The summed E-state index contributed by atoms with van der Waals surface area (Å²) in [5.74, 6) is -2.60. The summed E-state index contributed by atoms with van der Waals surface area (Å²) in [5, 5.41) is 1.27. The molecule has 0 saturated heterocycles. The van der Waals surface area contributed by atoms with Crippen LogP contribution in [0.1, 0.15) is 6.92 Å². The van der Waals surface area contributed by atoms with Crippen LogP contribution < -0.4 is 10.6 Å². The van der Waals surface area contributed by atoms with E-state index in [0.29, 0.717) is 25.1 Å². The molecule has 11 heteroatoms. The fourth-order valence-electron chi connectivity index (χ4n) is 1.53. The summed E-state index contributed by atoms with van der Waals surface area (Å²) in [6.07, 6.45) is -11.9. The zero-order valence-corrected chi connectivity index (χ0v) is 11.4. The first kappa shape index (κ1) is 18.3. The average molecular weight is 353 g/mol. The third kappa shape index (κ3) is 3.54. The third-order valence-corrected chi connectivity index (χ3v) is 2.76. The number of amides is 1. The molecule has 22 heavy (non-hydrogen) atoms. The fourth-order valence-corrected chi connectivity index (χ4v) is 1.71. The molecular formula is C11H8ClF7N2O. The van der Waals surface area contributed by atoms with Crippen molar-refractivity contribution in [1.82, 2.24) is 5.32 Å². The lowest BCUT2D eigenvalue weighted by molar-refractivity contribution is -0.295. The van der Waals surface area contributed by atoms with Crippen LogP contribution in [0.25, 0.3) is 0 Å². The fraction of sp³-hybridized carbons (Fsp3) is 0.364. The second-order valence-corrected chi connectivity index (χ2v) is 4.59. The number of halogens is 8. The standard InChI is InChI=1S/C11H8ClF7N2O/c1-5(22)20-9(10(14,15)16,11(17,18)19)21-6-2-3-8(13)7(12)4-6/h2-4,21H,1H3,(H,20,22). The summed E-state index contributed by atoms with van der Waals surface area (Å²) in [7, 11) is 0. The molecule has 0 fully saturated rings. The first-order valence-electron chi connectivity index (χ1n) is 5.45. The molecule has 0 heterocycles. The van der Waals surface area contributed by atoms with Crippen LogP contribution in [0.2, 0.25) is 5.02 Å². The van der Waals surface area contributed by atoms with Gasteiger partial charge in [0, 0.05) is 12.6 Å². The first-order chi connectivity index (χ1) is 9.80. The van der Waals surface area contributed by atoms with Gasteiger partial charge in [0.2, 0.25) is 5.91 Å². The maximum atomic E-state index is 13.0. The average Bonchev–Trinajstić information content (AvgIpc) is 2.29. The predicted molar refractivity (Wildman–Crippen MR) is 63.7 cm³/mol. The van der Waals surface area contributed by atoms with E-state index in [9.17, 15) is 35.5 Å². The van der Waals surface area contributed by atoms with Crippen molar-refractivity contribution in [3.63, 3.8) is 0 Å². The van der Waals surface area contributed by atoms with Gasteiger partial charge in [-0.1, -0.05) is 11.6 Å². The minimum atomic E-state index is -5.93. The molecule has 0 aromatic heterocycles. The summed E-state index contributed by atoms with van der Waals surface area (Å²) in [5.41, 5.74) is -5.53. The molecule has 1 aromatic carbocycles.